The van der Waals surface area contributed by atoms with E-state index in [-0.39, 0.29) is 6.61 Å². The fraction of sp³-hybridized carbons (Fsp3) is 0.133. The van der Waals surface area contributed by atoms with Gasteiger partial charge in [-0.05, 0) is 23.3 Å². The van der Waals surface area contributed by atoms with Crippen molar-refractivity contribution in [2.24, 2.45) is 0 Å². The van der Waals surface area contributed by atoms with Gasteiger partial charge in [-0.3, -0.25) is 0 Å². The Morgan fingerprint density at radius 1 is 1.11 bits per heavy atom. The summed E-state index contributed by atoms with van der Waals surface area (Å²) in [5.74, 6) is 0.530. The summed E-state index contributed by atoms with van der Waals surface area (Å²) in [6, 6.07) is 17.4. The molecule has 0 radical (unpaired) electrons. The fourth-order valence-corrected chi connectivity index (χ4v) is 1.93. The van der Waals surface area contributed by atoms with Gasteiger partial charge in [0, 0.05) is 0 Å². The third-order valence-corrected chi connectivity index (χ3v) is 3.08. The van der Waals surface area contributed by atoms with Crippen LogP contribution in [0, 0.1) is 11.3 Å². The van der Waals surface area contributed by atoms with Crippen LogP contribution in [0.25, 0.3) is 11.1 Å². The van der Waals surface area contributed by atoms with Gasteiger partial charge in [-0.2, -0.15) is 5.26 Å². The Morgan fingerprint density at radius 3 is 2.47 bits per heavy atom. The molecule has 0 aliphatic heterocycles. The second-order valence-electron chi connectivity index (χ2n) is 3.92. The van der Waals surface area contributed by atoms with E-state index in [2.05, 4.69) is 0 Å². The lowest BCUT2D eigenvalue weighted by molar-refractivity contribution is 0.329. The van der Waals surface area contributed by atoms with Crippen molar-refractivity contribution in [3.63, 3.8) is 0 Å². The molecule has 1 unspecified atom stereocenters. The molecule has 0 spiro atoms. The van der Waals surface area contributed by atoms with Crippen LogP contribution in [0.3, 0.4) is 0 Å². The Labute approximate surface area is 122 Å². The highest BCUT2D eigenvalue weighted by atomic mass is 35.5. The molecule has 0 saturated carbocycles. The topological polar surface area (TPSA) is 33.0 Å². The summed E-state index contributed by atoms with van der Waals surface area (Å²) in [5, 5.41) is 8.41. The monoisotopic (exact) mass is 291 g/mol. The van der Waals surface area contributed by atoms with Gasteiger partial charge in [0.15, 0.2) is 5.38 Å². The highest BCUT2D eigenvalue weighted by Gasteiger charge is 2.07. The molecule has 96 valence electrons. The molecule has 0 aliphatic carbocycles. The predicted octanol–water partition coefficient (Wildman–Crippen LogP) is 4.52. The van der Waals surface area contributed by atoms with Crippen molar-refractivity contribution in [3.8, 4) is 22.9 Å². The normalized spacial score (nSPS) is 11.6. The number of rotatable bonds is 4. The van der Waals surface area contributed by atoms with Crippen LogP contribution in [0.1, 0.15) is 0 Å². The summed E-state index contributed by atoms with van der Waals surface area (Å²) in [6.45, 7) is 0.114. The molecule has 0 amide bonds. The minimum atomic E-state index is -0.676. The number of alkyl halides is 1. The lowest BCUT2D eigenvalue weighted by Crippen LogP contribution is -2.09. The van der Waals surface area contributed by atoms with Crippen molar-refractivity contribution in [3.05, 3.63) is 53.6 Å². The van der Waals surface area contributed by atoms with Crippen LogP contribution in [0.4, 0.5) is 0 Å². The molecule has 2 aromatic rings. The predicted molar refractivity (Wildman–Crippen MR) is 77.6 cm³/mol. The van der Waals surface area contributed by atoms with Gasteiger partial charge in [0.05, 0.1) is 11.1 Å². The van der Waals surface area contributed by atoms with Gasteiger partial charge in [0.1, 0.15) is 12.4 Å². The lowest BCUT2D eigenvalue weighted by atomic mass is 10.1. The Morgan fingerprint density at radius 2 is 1.84 bits per heavy atom. The largest absolute Gasteiger partial charge is 0.489 e. The SMILES string of the molecule is N#CC(Cl)COc1ccc(-c2ccccc2)cc1Cl. The molecule has 4 heteroatoms. The maximum absolute atomic E-state index is 8.58. The highest BCUT2D eigenvalue weighted by Crippen LogP contribution is 2.30. The van der Waals surface area contributed by atoms with Gasteiger partial charge in [-0.1, -0.05) is 48.0 Å². The fourth-order valence-electron chi connectivity index (χ4n) is 1.63. The molecule has 0 N–H and O–H groups in total. The Hall–Kier alpha value is -1.69. The summed E-state index contributed by atoms with van der Waals surface area (Å²) in [4.78, 5) is 0. The minimum absolute atomic E-state index is 0.114. The molecule has 2 rings (SSSR count). The van der Waals surface area contributed by atoms with Crippen LogP contribution in [-0.4, -0.2) is 12.0 Å². The maximum Gasteiger partial charge on any atom is 0.154 e. The molecular weight excluding hydrogens is 281 g/mol. The van der Waals surface area contributed by atoms with Gasteiger partial charge in [-0.15, -0.1) is 11.6 Å². The molecule has 0 bridgehead atoms. The number of halogens is 2. The number of hydrogen-bond donors (Lipinski definition) is 0. The van der Waals surface area contributed by atoms with E-state index in [0.717, 1.165) is 11.1 Å². The van der Waals surface area contributed by atoms with Crippen LogP contribution in [0.2, 0.25) is 5.02 Å². The average molecular weight is 292 g/mol. The molecule has 19 heavy (non-hydrogen) atoms. The standard InChI is InChI=1S/C15H11Cl2NO/c16-13(9-18)10-19-15-7-6-12(8-14(15)17)11-4-2-1-3-5-11/h1-8,13H,10H2. The summed E-state index contributed by atoms with van der Waals surface area (Å²) < 4.78 is 5.39. The maximum atomic E-state index is 8.58. The van der Waals surface area contributed by atoms with Crippen LogP contribution in [0.15, 0.2) is 48.5 Å². The van der Waals surface area contributed by atoms with Gasteiger partial charge >= 0.3 is 0 Å². The Kier molecular flexibility index (Phi) is 4.68. The zero-order chi connectivity index (χ0) is 13.7. The van der Waals surface area contributed by atoms with Crippen LogP contribution >= 0.6 is 23.2 Å². The summed E-state index contributed by atoms with van der Waals surface area (Å²) in [7, 11) is 0. The van der Waals surface area contributed by atoms with E-state index in [4.69, 9.17) is 33.2 Å². The van der Waals surface area contributed by atoms with Crippen molar-refractivity contribution in [2.75, 3.05) is 6.61 Å². The second-order valence-corrected chi connectivity index (χ2v) is 4.85. The first-order valence-electron chi connectivity index (χ1n) is 5.72. The summed E-state index contributed by atoms with van der Waals surface area (Å²) >= 11 is 11.8. The third kappa shape index (κ3) is 3.64. The van der Waals surface area contributed by atoms with Crippen molar-refractivity contribution < 1.29 is 4.74 Å². The van der Waals surface area contributed by atoms with E-state index in [1.165, 1.54) is 0 Å². The zero-order valence-corrected chi connectivity index (χ0v) is 11.5. The first-order valence-corrected chi connectivity index (χ1v) is 6.53. The van der Waals surface area contributed by atoms with Gasteiger partial charge in [0.2, 0.25) is 0 Å². The number of benzene rings is 2. The lowest BCUT2D eigenvalue weighted by Gasteiger charge is -2.09. The third-order valence-electron chi connectivity index (χ3n) is 2.56. The summed E-state index contributed by atoms with van der Waals surface area (Å²) in [6.07, 6.45) is 0. The quantitative estimate of drug-likeness (QED) is 0.776. The first kappa shape index (κ1) is 13.7. The van der Waals surface area contributed by atoms with Crippen molar-refractivity contribution in [1.29, 1.82) is 5.26 Å². The number of nitriles is 1. The second kappa shape index (κ2) is 6.47. The van der Waals surface area contributed by atoms with Gasteiger partial charge in [0.25, 0.3) is 0 Å². The van der Waals surface area contributed by atoms with Gasteiger partial charge in [-0.25, -0.2) is 0 Å². The zero-order valence-electron chi connectivity index (χ0n) is 10.0. The van der Waals surface area contributed by atoms with Gasteiger partial charge < -0.3 is 4.74 Å². The van der Waals surface area contributed by atoms with Crippen molar-refractivity contribution in [1.82, 2.24) is 0 Å². The smallest absolute Gasteiger partial charge is 0.154 e. The molecular formula is C15H11Cl2NO. The number of nitrogens with zero attached hydrogens (tertiary/aromatic N) is 1. The van der Waals surface area contributed by atoms with Crippen LogP contribution in [0.5, 0.6) is 5.75 Å². The van der Waals surface area contributed by atoms with Crippen molar-refractivity contribution in [2.45, 2.75) is 5.38 Å². The van der Waals surface area contributed by atoms with Crippen molar-refractivity contribution >= 4 is 23.2 Å². The van der Waals surface area contributed by atoms with E-state index in [0.29, 0.717) is 10.8 Å². The van der Waals surface area contributed by atoms with E-state index in [1.807, 2.05) is 48.5 Å². The minimum Gasteiger partial charge on any atom is -0.489 e. The Balaban J connectivity index is 2.16. The molecule has 1 atom stereocenters. The molecule has 0 fully saturated rings. The van der Waals surface area contributed by atoms with Crippen LogP contribution < -0.4 is 4.74 Å². The van der Waals surface area contributed by atoms with Crippen LogP contribution in [-0.2, 0) is 0 Å². The molecule has 0 saturated heterocycles. The molecule has 2 aromatic carbocycles. The van der Waals surface area contributed by atoms with E-state index in [1.54, 1.807) is 6.07 Å². The molecule has 0 aliphatic rings. The van der Waals surface area contributed by atoms with E-state index < -0.39 is 5.38 Å². The molecule has 0 aromatic heterocycles. The highest BCUT2D eigenvalue weighted by molar-refractivity contribution is 6.32. The Bertz CT molecular complexity index is 593. The van der Waals surface area contributed by atoms with E-state index >= 15 is 0 Å². The molecule has 0 heterocycles. The molecule has 2 nitrogen and oxygen atoms in total. The average Bonchev–Trinajstić information content (AvgIpc) is 2.46. The van der Waals surface area contributed by atoms with E-state index in [9.17, 15) is 0 Å². The first-order chi connectivity index (χ1) is 9.20. The number of ether oxygens (including phenoxy) is 1. The number of hydrogen-bond acceptors (Lipinski definition) is 2. The summed E-state index contributed by atoms with van der Waals surface area (Å²) in [5.41, 5.74) is 2.10.